The van der Waals surface area contributed by atoms with Crippen molar-refractivity contribution in [3.05, 3.63) is 22.2 Å². The fraction of sp³-hybridized carbons (Fsp3) is 0.583. The zero-order chi connectivity index (χ0) is 13.1. The van der Waals surface area contributed by atoms with E-state index in [1.165, 1.54) is 18.6 Å². The van der Waals surface area contributed by atoms with Crippen molar-refractivity contribution in [1.29, 1.82) is 0 Å². The second kappa shape index (κ2) is 5.20. The van der Waals surface area contributed by atoms with E-state index in [-0.39, 0.29) is 11.5 Å². The molecule has 6 nitrogen and oxygen atoms in total. The van der Waals surface area contributed by atoms with Crippen LogP contribution in [0.15, 0.2) is 12.1 Å². The lowest BCUT2D eigenvalue weighted by Gasteiger charge is -2.32. The zero-order valence-corrected chi connectivity index (χ0v) is 10.5. The van der Waals surface area contributed by atoms with Crippen LogP contribution in [0.2, 0.25) is 0 Å². The van der Waals surface area contributed by atoms with Gasteiger partial charge in [0.25, 0.3) is 5.69 Å². The molecule has 0 spiro atoms. The van der Waals surface area contributed by atoms with Gasteiger partial charge in [0.1, 0.15) is 11.6 Å². The first-order valence-electron chi connectivity index (χ1n) is 6.27. The van der Waals surface area contributed by atoms with Gasteiger partial charge < -0.3 is 10.6 Å². The van der Waals surface area contributed by atoms with Crippen LogP contribution >= 0.6 is 0 Å². The molecule has 0 radical (unpaired) electrons. The second-order valence-electron chi connectivity index (χ2n) is 4.70. The van der Waals surface area contributed by atoms with Gasteiger partial charge in [-0.2, -0.15) is 0 Å². The molecule has 1 aliphatic rings. The van der Waals surface area contributed by atoms with Gasteiger partial charge in [0.05, 0.1) is 17.1 Å². The van der Waals surface area contributed by atoms with E-state index in [9.17, 15) is 10.1 Å². The number of nitrogen functional groups attached to an aromatic ring is 1. The number of nitrogens with two attached hydrogens (primary N) is 1. The first-order valence-corrected chi connectivity index (χ1v) is 6.27. The Bertz CT molecular complexity index is 442. The van der Waals surface area contributed by atoms with Crippen molar-refractivity contribution in [3.63, 3.8) is 0 Å². The number of aromatic nitrogens is 1. The van der Waals surface area contributed by atoms with Gasteiger partial charge in [-0.15, -0.1) is 0 Å². The molecule has 1 aliphatic heterocycles. The van der Waals surface area contributed by atoms with E-state index in [0.29, 0.717) is 5.82 Å². The molecule has 0 bridgehead atoms. The Morgan fingerprint density at radius 1 is 1.50 bits per heavy atom. The zero-order valence-electron chi connectivity index (χ0n) is 10.5. The topological polar surface area (TPSA) is 85.3 Å². The van der Waals surface area contributed by atoms with Gasteiger partial charge in [-0.3, -0.25) is 10.1 Å². The molecule has 1 saturated heterocycles. The highest BCUT2D eigenvalue weighted by atomic mass is 16.6. The summed E-state index contributed by atoms with van der Waals surface area (Å²) >= 11 is 0. The average Bonchev–Trinajstić information content (AvgIpc) is 2.38. The Morgan fingerprint density at radius 2 is 2.17 bits per heavy atom. The van der Waals surface area contributed by atoms with E-state index in [2.05, 4.69) is 16.8 Å². The van der Waals surface area contributed by atoms with E-state index in [1.807, 2.05) is 0 Å². The third-order valence-corrected chi connectivity index (χ3v) is 3.54. The number of hydrogen-bond donors (Lipinski definition) is 1. The Morgan fingerprint density at radius 3 is 2.72 bits per heavy atom. The molecule has 2 rings (SSSR count). The third kappa shape index (κ3) is 2.69. The highest BCUT2D eigenvalue weighted by Gasteiger charge is 2.21. The number of nitro groups is 1. The minimum Gasteiger partial charge on any atom is -0.383 e. The molecule has 0 amide bonds. The molecule has 2 N–H and O–H groups in total. The molecular weight excluding hydrogens is 232 g/mol. The monoisotopic (exact) mass is 250 g/mol. The molecule has 0 unspecified atom stereocenters. The summed E-state index contributed by atoms with van der Waals surface area (Å²) in [5, 5.41) is 10.8. The second-order valence-corrected chi connectivity index (χ2v) is 4.70. The molecule has 1 aromatic heterocycles. The van der Waals surface area contributed by atoms with Crippen molar-refractivity contribution in [2.24, 2.45) is 5.92 Å². The number of pyridine rings is 1. The maximum atomic E-state index is 10.8. The number of piperidine rings is 1. The van der Waals surface area contributed by atoms with Crippen molar-refractivity contribution >= 4 is 17.3 Å². The summed E-state index contributed by atoms with van der Waals surface area (Å²) < 4.78 is 0. The van der Waals surface area contributed by atoms with Crippen molar-refractivity contribution in [1.82, 2.24) is 4.98 Å². The highest BCUT2D eigenvalue weighted by Crippen LogP contribution is 2.27. The molecule has 1 fully saturated rings. The quantitative estimate of drug-likeness (QED) is 0.656. The Balaban J connectivity index is 2.16. The number of nitrogens with zero attached hydrogens (tertiary/aromatic N) is 3. The van der Waals surface area contributed by atoms with Gasteiger partial charge in [0, 0.05) is 13.1 Å². The first-order chi connectivity index (χ1) is 8.60. The lowest BCUT2D eigenvalue weighted by Crippen LogP contribution is -2.34. The van der Waals surface area contributed by atoms with Crippen molar-refractivity contribution < 1.29 is 4.92 Å². The lowest BCUT2D eigenvalue weighted by atomic mass is 9.94. The standard InChI is InChI=1S/C12H18N4O2/c1-2-9-3-5-15(6-4-9)12-8-10(16(17)18)7-11(13)14-12/h7-9H,2-6H2,1H3,(H2,13,14). The summed E-state index contributed by atoms with van der Waals surface area (Å²) in [5.41, 5.74) is 5.62. The van der Waals surface area contributed by atoms with Crippen LogP contribution in [0.3, 0.4) is 0 Å². The molecule has 0 atom stereocenters. The minimum absolute atomic E-state index is 0.00937. The van der Waals surface area contributed by atoms with Crippen LogP contribution in [0.1, 0.15) is 26.2 Å². The Kier molecular flexibility index (Phi) is 3.64. The van der Waals surface area contributed by atoms with Gasteiger partial charge in [-0.05, 0) is 18.8 Å². The van der Waals surface area contributed by atoms with Crippen LogP contribution in [-0.4, -0.2) is 23.0 Å². The van der Waals surface area contributed by atoms with E-state index in [0.717, 1.165) is 31.8 Å². The van der Waals surface area contributed by atoms with Crippen molar-refractivity contribution in [2.75, 3.05) is 23.7 Å². The molecule has 0 saturated carbocycles. The van der Waals surface area contributed by atoms with Gasteiger partial charge >= 0.3 is 0 Å². The maximum absolute atomic E-state index is 10.8. The van der Waals surface area contributed by atoms with E-state index in [4.69, 9.17) is 5.73 Å². The predicted molar refractivity (Wildman–Crippen MR) is 70.5 cm³/mol. The summed E-state index contributed by atoms with van der Waals surface area (Å²) in [4.78, 5) is 16.6. The Labute approximate surface area is 106 Å². The normalized spacial score (nSPS) is 16.8. The average molecular weight is 250 g/mol. The third-order valence-electron chi connectivity index (χ3n) is 3.54. The molecule has 98 valence electrons. The summed E-state index contributed by atoms with van der Waals surface area (Å²) in [6.45, 7) is 3.99. The molecule has 18 heavy (non-hydrogen) atoms. The summed E-state index contributed by atoms with van der Waals surface area (Å²) in [6, 6.07) is 2.80. The van der Waals surface area contributed by atoms with E-state index >= 15 is 0 Å². The number of anilines is 2. The fourth-order valence-electron chi connectivity index (χ4n) is 2.36. The summed E-state index contributed by atoms with van der Waals surface area (Å²) in [6.07, 6.45) is 3.42. The van der Waals surface area contributed by atoms with E-state index in [1.54, 1.807) is 0 Å². The van der Waals surface area contributed by atoms with Gasteiger partial charge in [0.2, 0.25) is 0 Å². The van der Waals surface area contributed by atoms with Gasteiger partial charge in [0.15, 0.2) is 0 Å². The SMILES string of the molecule is CCC1CCN(c2cc([N+](=O)[O-])cc(N)n2)CC1. The fourth-order valence-corrected chi connectivity index (χ4v) is 2.36. The Hall–Kier alpha value is -1.85. The van der Waals surface area contributed by atoms with E-state index < -0.39 is 4.92 Å². The van der Waals surface area contributed by atoms with Crippen LogP contribution in [0.25, 0.3) is 0 Å². The summed E-state index contributed by atoms with van der Waals surface area (Å²) in [5.74, 6) is 1.59. The molecule has 0 aromatic carbocycles. The summed E-state index contributed by atoms with van der Waals surface area (Å²) in [7, 11) is 0. The molecule has 0 aliphatic carbocycles. The van der Waals surface area contributed by atoms with Gasteiger partial charge in [-0.25, -0.2) is 4.98 Å². The first kappa shape index (κ1) is 12.6. The van der Waals surface area contributed by atoms with Gasteiger partial charge in [-0.1, -0.05) is 13.3 Å². The predicted octanol–water partition coefficient (Wildman–Crippen LogP) is 2.20. The minimum atomic E-state index is -0.430. The van der Waals surface area contributed by atoms with Crippen LogP contribution in [-0.2, 0) is 0 Å². The largest absolute Gasteiger partial charge is 0.383 e. The highest BCUT2D eigenvalue weighted by molar-refractivity contribution is 5.54. The molecule has 6 heteroatoms. The number of hydrogen-bond acceptors (Lipinski definition) is 5. The van der Waals surface area contributed by atoms with Crippen LogP contribution in [0, 0.1) is 16.0 Å². The van der Waals surface area contributed by atoms with Crippen LogP contribution < -0.4 is 10.6 Å². The number of rotatable bonds is 3. The smallest absolute Gasteiger partial charge is 0.276 e. The van der Waals surface area contributed by atoms with Crippen molar-refractivity contribution in [3.8, 4) is 0 Å². The van der Waals surface area contributed by atoms with Crippen LogP contribution in [0.4, 0.5) is 17.3 Å². The van der Waals surface area contributed by atoms with Crippen molar-refractivity contribution in [2.45, 2.75) is 26.2 Å². The molecular formula is C12H18N4O2. The molecule has 2 heterocycles. The molecule has 1 aromatic rings. The van der Waals surface area contributed by atoms with Crippen LogP contribution in [0.5, 0.6) is 0 Å². The maximum Gasteiger partial charge on any atom is 0.276 e. The lowest BCUT2D eigenvalue weighted by molar-refractivity contribution is -0.384.